The predicted octanol–water partition coefficient (Wildman–Crippen LogP) is 4.67. The van der Waals surface area contributed by atoms with Crippen molar-refractivity contribution in [3.8, 4) is 0 Å². The molecule has 0 radical (unpaired) electrons. The van der Waals surface area contributed by atoms with Crippen molar-refractivity contribution in [2.24, 2.45) is 4.99 Å². The van der Waals surface area contributed by atoms with Gasteiger partial charge in [0.1, 0.15) is 0 Å². The van der Waals surface area contributed by atoms with E-state index >= 15 is 0 Å². The molecule has 2 aromatic carbocycles. The molecular weight excluding hydrogens is 270 g/mol. The average Bonchev–Trinajstić information content (AvgIpc) is 2.59. The van der Waals surface area contributed by atoms with Gasteiger partial charge in [-0.15, -0.1) is 0 Å². The molecule has 0 bridgehead atoms. The van der Waals surface area contributed by atoms with E-state index in [0.29, 0.717) is 0 Å². The molecule has 0 aromatic heterocycles. The molecule has 0 saturated carbocycles. The maximum atomic E-state index is 4.50. The van der Waals surface area contributed by atoms with E-state index in [9.17, 15) is 0 Å². The molecule has 0 saturated heterocycles. The Kier molecular flexibility index (Phi) is 4.16. The lowest BCUT2D eigenvalue weighted by atomic mass is 10.2. The van der Waals surface area contributed by atoms with Crippen molar-refractivity contribution in [1.29, 1.82) is 0 Å². The van der Waals surface area contributed by atoms with Gasteiger partial charge in [0, 0.05) is 17.6 Å². The highest BCUT2D eigenvalue weighted by atomic mass is 15.2. The molecule has 3 nitrogen and oxygen atoms in total. The largest absolute Gasteiger partial charge is 0.353 e. The number of benzene rings is 2. The van der Waals surface area contributed by atoms with Gasteiger partial charge in [0.05, 0.1) is 17.7 Å². The van der Waals surface area contributed by atoms with Crippen LogP contribution < -0.4 is 10.2 Å². The second kappa shape index (κ2) is 6.59. The maximum Gasteiger partial charge on any atom is 0.0926 e. The van der Waals surface area contributed by atoms with Crippen LogP contribution in [0.15, 0.2) is 96.3 Å². The van der Waals surface area contributed by atoms with E-state index in [0.717, 1.165) is 22.8 Å². The van der Waals surface area contributed by atoms with Crippen LogP contribution in [0.2, 0.25) is 0 Å². The lowest BCUT2D eigenvalue weighted by Gasteiger charge is -2.26. The normalized spacial score (nSPS) is 18.5. The minimum absolute atomic E-state index is 0.875. The fraction of sp³-hybridized carbons (Fsp3) is 0. The summed E-state index contributed by atoms with van der Waals surface area (Å²) in [6.07, 6.45) is 9.35. The van der Waals surface area contributed by atoms with Crippen LogP contribution in [0.1, 0.15) is 0 Å². The van der Waals surface area contributed by atoms with Crippen molar-refractivity contribution >= 4 is 23.4 Å². The molecule has 1 heterocycles. The zero-order chi connectivity index (χ0) is 15.2. The summed E-state index contributed by atoms with van der Waals surface area (Å²) in [4.78, 5) is 6.60. The second-order valence-electron chi connectivity index (χ2n) is 4.79. The number of anilines is 2. The Labute approximate surface area is 130 Å². The number of nitrogens with one attached hydrogen (secondary N) is 1. The maximum absolute atomic E-state index is 4.50. The average molecular weight is 287 g/mol. The first-order valence-corrected chi connectivity index (χ1v) is 7.11. The number of hydrogen-bond donors (Lipinski definition) is 1. The standard InChI is InChI=1S/C19H17N3/c1-16-9-7-8-14-20-15-21-18-12-5-6-13-19(18)22(16)17-10-3-2-4-11-17/h2-15H,1H2,(H,20,21)/b9-7-,14-8-. The van der Waals surface area contributed by atoms with E-state index in [2.05, 4.69) is 33.9 Å². The summed E-state index contributed by atoms with van der Waals surface area (Å²) in [6, 6.07) is 18.2. The number of rotatable bonds is 1. The smallest absolute Gasteiger partial charge is 0.0926 e. The Bertz CT molecular complexity index is 742. The number of allylic oxidation sites excluding steroid dienone is 3. The molecule has 1 aliphatic rings. The summed E-state index contributed by atoms with van der Waals surface area (Å²) in [5.74, 6) is 0. The van der Waals surface area contributed by atoms with Gasteiger partial charge in [0.15, 0.2) is 0 Å². The van der Waals surface area contributed by atoms with Crippen LogP contribution in [-0.4, -0.2) is 6.34 Å². The van der Waals surface area contributed by atoms with Gasteiger partial charge in [-0.25, -0.2) is 4.99 Å². The Morgan fingerprint density at radius 3 is 2.55 bits per heavy atom. The van der Waals surface area contributed by atoms with Crippen molar-refractivity contribution in [3.05, 3.63) is 91.3 Å². The molecular formula is C19H17N3. The molecule has 3 rings (SSSR count). The summed E-state index contributed by atoms with van der Waals surface area (Å²) < 4.78 is 0. The first kappa shape index (κ1) is 13.9. The van der Waals surface area contributed by atoms with Crippen LogP contribution in [0, 0.1) is 0 Å². The van der Waals surface area contributed by atoms with Gasteiger partial charge in [0.2, 0.25) is 0 Å². The monoisotopic (exact) mass is 287 g/mol. The first-order valence-electron chi connectivity index (χ1n) is 7.11. The zero-order valence-corrected chi connectivity index (χ0v) is 12.2. The Morgan fingerprint density at radius 2 is 1.68 bits per heavy atom. The molecule has 0 fully saturated rings. The molecule has 22 heavy (non-hydrogen) atoms. The van der Waals surface area contributed by atoms with Crippen molar-refractivity contribution in [2.45, 2.75) is 0 Å². The van der Waals surface area contributed by atoms with E-state index < -0.39 is 0 Å². The molecule has 108 valence electrons. The third-order valence-electron chi connectivity index (χ3n) is 3.29. The van der Waals surface area contributed by atoms with Gasteiger partial charge in [-0.2, -0.15) is 0 Å². The summed E-state index contributed by atoms with van der Waals surface area (Å²) in [6.45, 7) is 4.21. The Morgan fingerprint density at radius 1 is 0.909 bits per heavy atom. The van der Waals surface area contributed by atoms with Crippen LogP contribution in [0.25, 0.3) is 0 Å². The van der Waals surface area contributed by atoms with Gasteiger partial charge < -0.3 is 10.2 Å². The van der Waals surface area contributed by atoms with Crippen LogP contribution in [-0.2, 0) is 0 Å². The van der Waals surface area contributed by atoms with Crippen LogP contribution >= 0.6 is 0 Å². The highest BCUT2D eigenvalue weighted by molar-refractivity contribution is 5.81. The molecule has 1 aliphatic heterocycles. The summed E-state index contributed by atoms with van der Waals surface area (Å²) >= 11 is 0. The van der Waals surface area contributed by atoms with Crippen LogP contribution in [0.4, 0.5) is 17.1 Å². The van der Waals surface area contributed by atoms with Crippen LogP contribution in [0.3, 0.4) is 0 Å². The molecule has 3 heteroatoms. The molecule has 0 spiro atoms. The van der Waals surface area contributed by atoms with E-state index in [4.69, 9.17) is 0 Å². The van der Waals surface area contributed by atoms with Crippen molar-refractivity contribution < 1.29 is 0 Å². The first-order chi connectivity index (χ1) is 10.9. The topological polar surface area (TPSA) is 27.6 Å². The van der Waals surface area contributed by atoms with Gasteiger partial charge >= 0.3 is 0 Å². The predicted molar refractivity (Wildman–Crippen MR) is 93.7 cm³/mol. The van der Waals surface area contributed by atoms with Gasteiger partial charge in [-0.05, 0) is 36.4 Å². The van der Waals surface area contributed by atoms with Crippen molar-refractivity contribution in [2.75, 3.05) is 4.90 Å². The van der Waals surface area contributed by atoms with Gasteiger partial charge in [-0.3, -0.25) is 0 Å². The number of hydrogen-bond acceptors (Lipinski definition) is 3. The molecule has 0 atom stereocenters. The van der Waals surface area contributed by atoms with Gasteiger partial charge in [-0.1, -0.05) is 43.0 Å². The highest BCUT2D eigenvalue weighted by Crippen LogP contribution is 2.36. The SMILES string of the molecule is C=C1/C=C\C=C/N/C=N\c2ccccc2N1c1ccccc1. The number of aliphatic imine (C=N–C) groups is 1. The molecule has 0 aliphatic carbocycles. The second-order valence-corrected chi connectivity index (χ2v) is 4.79. The fourth-order valence-corrected chi connectivity index (χ4v) is 2.30. The summed E-state index contributed by atoms with van der Waals surface area (Å²) in [7, 11) is 0. The molecule has 2 aromatic rings. The van der Waals surface area contributed by atoms with E-state index in [-0.39, 0.29) is 0 Å². The Balaban J connectivity index is 2.17. The van der Waals surface area contributed by atoms with Crippen LogP contribution in [0.5, 0.6) is 0 Å². The third-order valence-corrected chi connectivity index (χ3v) is 3.29. The fourth-order valence-electron chi connectivity index (χ4n) is 2.30. The molecule has 0 unspecified atom stereocenters. The Hall–Kier alpha value is -3.07. The third kappa shape index (κ3) is 2.99. The van der Waals surface area contributed by atoms with E-state index in [1.165, 1.54) is 0 Å². The van der Waals surface area contributed by atoms with Crippen molar-refractivity contribution in [1.82, 2.24) is 5.32 Å². The van der Waals surface area contributed by atoms with Crippen molar-refractivity contribution in [3.63, 3.8) is 0 Å². The van der Waals surface area contributed by atoms with E-state index in [1.807, 2.05) is 66.9 Å². The molecule has 1 N–H and O–H groups in total. The zero-order valence-electron chi connectivity index (χ0n) is 12.2. The lowest BCUT2D eigenvalue weighted by Crippen LogP contribution is -2.14. The number of para-hydroxylation sites is 3. The minimum Gasteiger partial charge on any atom is -0.353 e. The minimum atomic E-state index is 0.875. The number of nitrogens with zero attached hydrogens (tertiary/aromatic N) is 2. The summed E-state index contributed by atoms with van der Waals surface area (Å²) in [5.41, 5.74) is 3.79. The lowest BCUT2D eigenvalue weighted by molar-refractivity contribution is 1.21. The van der Waals surface area contributed by atoms with E-state index in [1.54, 1.807) is 6.34 Å². The van der Waals surface area contributed by atoms with Gasteiger partial charge in [0.25, 0.3) is 0 Å². The molecule has 0 amide bonds. The summed E-state index contributed by atoms with van der Waals surface area (Å²) in [5, 5.41) is 3.02. The number of fused-ring (bicyclic) bond motifs is 1. The highest BCUT2D eigenvalue weighted by Gasteiger charge is 2.14. The quantitative estimate of drug-likeness (QED) is 0.825.